The first kappa shape index (κ1) is 12.4. The van der Waals surface area contributed by atoms with Gasteiger partial charge in [-0.3, -0.25) is 19.8 Å². The highest BCUT2D eigenvalue weighted by Gasteiger charge is 2.21. The molecule has 16 heavy (non-hydrogen) atoms. The summed E-state index contributed by atoms with van der Waals surface area (Å²) in [4.78, 5) is 34.8. The predicted octanol–water partition coefficient (Wildman–Crippen LogP) is -0.936. The third kappa shape index (κ3) is 3.47. The van der Waals surface area contributed by atoms with Crippen molar-refractivity contribution in [3.05, 3.63) is 11.6 Å². The Bertz CT molecular complexity index is 333. The number of imide groups is 1. The molecule has 0 saturated carbocycles. The highest BCUT2D eigenvalue weighted by molar-refractivity contribution is 5.99. The second-order valence-electron chi connectivity index (χ2n) is 3.52. The van der Waals surface area contributed by atoms with Crippen LogP contribution in [0.1, 0.15) is 6.92 Å². The molecule has 0 atom stereocenters. The van der Waals surface area contributed by atoms with Crippen molar-refractivity contribution in [2.75, 3.05) is 26.7 Å². The summed E-state index contributed by atoms with van der Waals surface area (Å²) in [5.41, 5.74) is 0.459. The number of esters is 1. The quantitative estimate of drug-likeness (QED) is 0.382. The first-order valence-corrected chi connectivity index (χ1v) is 4.83. The van der Waals surface area contributed by atoms with Gasteiger partial charge in [-0.2, -0.15) is 0 Å². The van der Waals surface area contributed by atoms with Crippen LogP contribution < -0.4 is 5.32 Å². The van der Waals surface area contributed by atoms with Crippen LogP contribution in [0.5, 0.6) is 0 Å². The largest absolute Gasteiger partial charge is 0.466 e. The smallest absolute Gasteiger partial charge is 0.333 e. The number of carbonyl (C=O) groups excluding carboxylic acids is 3. The van der Waals surface area contributed by atoms with E-state index >= 15 is 0 Å². The SMILES string of the molecule is COC(=O)C(C)=CCN1CC(=O)NC(=O)C1. The van der Waals surface area contributed by atoms with Gasteiger partial charge < -0.3 is 4.74 Å². The van der Waals surface area contributed by atoms with E-state index in [4.69, 9.17) is 0 Å². The molecule has 0 aromatic carbocycles. The van der Waals surface area contributed by atoms with Gasteiger partial charge in [0.15, 0.2) is 0 Å². The average molecular weight is 226 g/mol. The lowest BCUT2D eigenvalue weighted by atomic mass is 10.2. The number of piperazine rings is 1. The first-order valence-electron chi connectivity index (χ1n) is 4.83. The molecule has 1 aliphatic heterocycles. The Balaban J connectivity index is 2.51. The molecule has 6 nitrogen and oxygen atoms in total. The Kier molecular flexibility index (Phi) is 4.19. The molecule has 0 aromatic rings. The van der Waals surface area contributed by atoms with Crippen LogP contribution in [0.4, 0.5) is 0 Å². The van der Waals surface area contributed by atoms with Crippen molar-refractivity contribution in [1.82, 2.24) is 10.2 Å². The van der Waals surface area contributed by atoms with Crippen LogP contribution in [0.25, 0.3) is 0 Å². The maximum atomic E-state index is 11.1. The molecule has 0 radical (unpaired) electrons. The molecule has 2 amide bonds. The molecule has 1 rings (SSSR count). The van der Waals surface area contributed by atoms with Crippen molar-refractivity contribution in [2.24, 2.45) is 0 Å². The van der Waals surface area contributed by atoms with Gasteiger partial charge in [-0.15, -0.1) is 0 Å². The van der Waals surface area contributed by atoms with E-state index in [-0.39, 0.29) is 24.9 Å². The maximum absolute atomic E-state index is 11.1. The van der Waals surface area contributed by atoms with E-state index in [2.05, 4.69) is 10.1 Å². The van der Waals surface area contributed by atoms with Gasteiger partial charge in [-0.25, -0.2) is 4.79 Å². The molecule has 6 heteroatoms. The molecule has 0 aliphatic carbocycles. The second-order valence-corrected chi connectivity index (χ2v) is 3.52. The van der Waals surface area contributed by atoms with Gasteiger partial charge in [-0.05, 0) is 6.92 Å². The number of hydrogen-bond acceptors (Lipinski definition) is 5. The fourth-order valence-electron chi connectivity index (χ4n) is 1.34. The van der Waals surface area contributed by atoms with Crippen LogP contribution in [0.15, 0.2) is 11.6 Å². The van der Waals surface area contributed by atoms with Crippen LogP contribution in [0.3, 0.4) is 0 Å². The fourth-order valence-corrected chi connectivity index (χ4v) is 1.34. The molecular formula is C10H14N2O4. The maximum Gasteiger partial charge on any atom is 0.333 e. The number of methoxy groups -OCH3 is 1. The van der Waals surface area contributed by atoms with E-state index in [1.165, 1.54) is 7.11 Å². The molecule has 88 valence electrons. The highest BCUT2D eigenvalue weighted by atomic mass is 16.5. The van der Waals surface area contributed by atoms with Crippen molar-refractivity contribution in [3.8, 4) is 0 Å². The molecule has 0 spiro atoms. The van der Waals surface area contributed by atoms with E-state index < -0.39 is 5.97 Å². The van der Waals surface area contributed by atoms with Crippen molar-refractivity contribution >= 4 is 17.8 Å². The highest BCUT2D eigenvalue weighted by Crippen LogP contribution is 1.99. The summed E-state index contributed by atoms with van der Waals surface area (Å²) < 4.78 is 4.52. The van der Waals surface area contributed by atoms with Crippen molar-refractivity contribution in [1.29, 1.82) is 0 Å². The topological polar surface area (TPSA) is 75.7 Å². The summed E-state index contributed by atoms with van der Waals surface area (Å²) in [5.74, 6) is -1.05. The van der Waals surface area contributed by atoms with E-state index in [1.54, 1.807) is 17.9 Å². The van der Waals surface area contributed by atoms with Crippen molar-refractivity contribution in [3.63, 3.8) is 0 Å². The summed E-state index contributed by atoms with van der Waals surface area (Å²) in [6.07, 6.45) is 1.64. The second kappa shape index (κ2) is 5.41. The number of nitrogens with one attached hydrogen (secondary N) is 1. The van der Waals surface area contributed by atoms with E-state index in [0.29, 0.717) is 12.1 Å². The van der Waals surface area contributed by atoms with Crippen LogP contribution in [0, 0.1) is 0 Å². The van der Waals surface area contributed by atoms with Crippen molar-refractivity contribution in [2.45, 2.75) is 6.92 Å². The van der Waals surface area contributed by atoms with E-state index in [0.717, 1.165) is 0 Å². The molecule has 0 bridgehead atoms. The zero-order valence-electron chi connectivity index (χ0n) is 9.28. The predicted molar refractivity (Wildman–Crippen MR) is 55.4 cm³/mol. The zero-order valence-corrected chi connectivity index (χ0v) is 9.28. The molecule has 1 fully saturated rings. The summed E-state index contributed by atoms with van der Waals surface area (Å²) in [6.45, 7) is 2.32. The zero-order chi connectivity index (χ0) is 12.1. The molecule has 1 N–H and O–H groups in total. The summed E-state index contributed by atoms with van der Waals surface area (Å²) >= 11 is 0. The lowest BCUT2D eigenvalue weighted by Crippen LogP contribution is -2.51. The normalized spacial score (nSPS) is 18.2. The Morgan fingerprint density at radius 3 is 2.50 bits per heavy atom. The van der Waals surface area contributed by atoms with Gasteiger partial charge in [0.25, 0.3) is 0 Å². The molecule has 0 unspecified atom stereocenters. The Morgan fingerprint density at radius 1 is 1.44 bits per heavy atom. The molecule has 1 heterocycles. The minimum Gasteiger partial charge on any atom is -0.466 e. The Hall–Kier alpha value is -1.69. The third-order valence-electron chi connectivity index (χ3n) is 2.18. The molecule has 1 aliphatic rings. The van der Waals surface area contributed by atoms with Gasteiger partial charge in [0, 0.05) is 12.1 Å². The van der Waals surface area contributed by atoms with Gasteiger partial charge in [0.2, 0.25) is 11.8 Å². The first-order chi connectivity index (χ1) is 7.52. The number of rotatable bonds is 3. The number of nitrogens with zero attached hydrogens (tertiary/aromatic N) is 1. The van der Waals surface area contributed by atoms with Crippen molar-refractivity contribution < 1.29 is 19.1 Å². The molecule has 1 saturated heterocycles. The number of hydrogen-bond donors (Lipinski definition) is 1. The minimum atomic E-state index is -0.409. The van der Waals surface area contributed by atoms with Crippen LogP contribution in [0.2, 0.25) is 0 Å². The number of ether oxygens (including phenoxy) is 1. The van der Waals surface area contributed by atoms with Gasteiger partial charge in [0.1, 0.15) is 0 Å². The average Bonchev–Trinajstić information content (AvgIpc) is 2.23. The monoisotopic (exact) mass is 226 g/mol. The van der Waals surface area contributed by atoms with Gasteiger partial charge in [0.05, 0.1) is 20.2 Å². The Labute approximate surface area is 93.2 Å². The van der Waals surface area contributed by atoms with Gasteiger partial charge in [-0.1, -0.05) is 6.08 Å². The van der Waals surface area contributed by atoms with Crippen LogP contribution >= 0.6 is 0 Å². The molecular weight excluding hydrogens is 212 g/mol. The number of amides is 2. The fraction of sp³-hybridized carbons (Fsp3) is 0.500. The van der Waals surface area contributed by atoms with Crippen LogP contribution in [-0.2, 0) is 19.1 Å². The van der Waals surface area contributed by atoms with E-state index in [9.17, 15) is 14.4 Å². The van der Waals surface area contributed by atoms with Gasteiger partial charge >= 0.3 is 5.97 Å². The Morgan fingerprint density at radius 2 is 2.00 bits per heavy atom. The lowest BCUT2D eigenvalue weighted by molar-refractivity contribution is -0.136. The number of carbonyl (C=O) groups is 3. The summed E-state index contributed by atoms with van der Waals surface area (Å²) in [6, 6.07) is 0. The standard InChI is InChI=1S/C10H14N2O4/c1-7(10(15)16-2)3-4-12-5-8(13)11-9(14)6-12/h3H,4-6H2,1-2H3,(H,11,13,14). The summed E-state index contributed by atoms with van der Waals surface area (Å²) in [5, 5.41) is 2.20. The lowest BCUT2D eigenvalue weighted by Gasteiger charge is -2.23. The van der Waals surface area contributed by atoms with Crippen LogP contribution in [-0.4, -0.2) is 49.4 Å². The molecule has 0 aromatic heterocycles. The van der Waals surface area contributed by atoms with E-state index in [1.807, 2.05) is 0 Å². The third-order valence-corrected chi connectivity index (χ3v) is 2.18. The minimum absolute atomic E-state index is 0.163. The summed E-state index contributed by atoms with van der Waals surface area (Å²) in [7, 11) is 1.30.